The second-order valence-corrected chi connectivity index (χ2v) is 9.09. The summed E-state index contributed by atoms with van der Waals surface area (Å²) in [4.78, 5) is 25.5. The van der Waals surface area contributed by atoms with Crippen LogP contribution in [0.5, 0.6) is 11.5 Å². The maximum Gasteiger partial charge on any atom is 0.286 e. The van der Waals surface area contributed by atoms with Crippen molar-refractivity contribution in [3.05, 3.63) is 52.0 Å². The number of hydrogen-bond donors (Lipinski definition) is 1. The number of aliphatic hydroxyl groups excluding tert-OH is 1. The fourth-order valence-corrected chi connectivity index (χ4v) is 5.27. The Labute approximate surface area is 178 Å². The molecule has 2 atom stereocenters. The Morgan fingerprint density at radius 2 is 2.10 bits per heavy atom. The zero-order valence-corrected chi connectivity index (χ0v) is 17.7. The molecule has 1 amide bonds. The molecule has 168 valence electrons. The van der Waals surface area contributed by atoms with Crippen molar-refractivity contribution in [3.8, 4) is 11.5 Å². The monoisotopic (exact) mass is 454 g/mol. The summed E-state index contributed by atoms with van der Waals surface area (Å²) in [7, 11) is -2.28. The van der Waals surface area contributed by atoms with Crippen molar-refractivity contribution in [2.24, 2.45) is 0 Å². The van der Waals surface area contributed by atoms with Crippen molar-refractivity contribution in [1.29, 1.82) is 0 Å². The van der Waals surface area contributed by atoms with Crippen molar-refractivity contribution in [3.63, 3.8) is 0 Å². The van der Waals surface area contributed by atoms with Crippen LogP contribution in [-0.4, -0.2) is 66.6 Å². The fourth-order valence-electron chi connectivity index (χ4n) is 3.47. The van der Waals surface area contributed by atoms with Gasteiger partial charge in [0.25, 0.3) is 11.6 Å². The molecule has 1 aromatic carbocycles. The number of methoxy groups -OCH3 is 1. The normalized spacial score (nSPS) is 19.7. The number of furan rings is 1. The number of ether oxygens (including phenoxy) is 2. The van der Waals surface area contributed by atoms with Gasteiger partial charge < -0.3 is 23.9 Å². The van der Waals surface area contributed by atoms with Gasteiger partial charge in [0.05, 0.1) is 61.2 Å². The number of benzene rings is 1. The quantitative estimate of drug-likeness (QED) is 0.461. The first-order chi connectivity index (χ1) is 14.7. The second kappa shape index (κ2) is 8.94. The van der Waals surface area contributed by atoms with Crippen molar-refractivity contribution in [2.75, 3.05) is 25.2 Å². The lowest BCUT2D eigenvalue weighted by Crippen LogP contribution is -2.46. The lowest BCUT2D eigenvalue weighted by Gasteiger charge is -2.29. The van der Waals surface area contributed by atoms with Gasteiger partial charge >= 0.3 is 0 Å². The van der Waals surface area contributed by atoms with Gasteiger partial charge in [0.1, 0.15) is 11.3 Å². The van der Waals surface area contributed by atoms with E-state index in [1.54, 1.807) is 19.1 Å². The third kappa shape index (κ3) is 4.80. The van der Waals surface area contributed by atoms with Crippen LogP contribution in [0.2, 0.25) is 0 Å². The van der Waals surface area contributed by atoms with Crippen LogP contribution in [0.25, 0.3) is 0 Å². The molecular weight excluding hydrogens is 432 g/mol. The fraction of sp³-hybridized carbons (Fsp3) is 0.421. The van der Waals surface area contributed by atoms with Gasteiger partial charge in [0.2, 0.25) is 0 Å². The summed E-state index contributed by atoms with van der Waals surface area (Å²) in [6.07, 6.45) is 0.0376. The summed E-state index contributed by atoms with van der Waals surface area (Å²) in [6.45, 7) is 1.74. The molecule has 0 radical (unpaired) electrons. The smallest absolute Gasteiger partial charge is 0.286 e. The average molecular weight is 454 g/mol. The summed E-state index contributed by atoms with van der Waals surface area (Å²) in [5.41, 5.74) is -0.859. The van der Waals surface area contributed by atoms with E-state index in [4.69, 9.17) is 13.9 Å². The van der Waals surface area contributed by atoms with E-state index in [1.165, 1.54) is 19.4 Å². The molecule has 3 rings (SSSR count). The van der Waals surface area contributed by atoms with Gasteiger partial charge in [0.15, 0.2) is 21.3 Å². The van der Waals surface area contributed by atoms with E-state index in [9.17, 15) is 28.4 Å². The first kappa shape index (κ1) is 22.6. The second-order valence-electron chi connectivity index (χ2n) is 6.93. The largest absolute Gasteiger partial charge is 0.493 e. The van der Waals surface area contributed by atoms with E-state index in [-0.39, 0.29) is 30.2 Å². The van der Waals surface area contributed by atoms with Crippen molar-refractivity contribution >= 4 is 21.4 Å². The molecule has 0 spiro atoms. The number of aliphatic hydroxyl groups is 1. The van der Waals surface area contributed by atoms with Crippen LogP contribution >= 0.6 is 0 Å². The zero-order valence-electron chi connectivity index (χ0n) is 16.9. The third-order valence-corrected chi connectivity index (χ3v) is 6.57. The van der Waals surface area contributed by atoms with E-state index in [2.05, 4.69) is 0 Å². The standard InChI is InChI=1S/C19H22N2O9S/c1-3-29-18-7-13(14(21(24)25)8-17(18)28-2)19(23)20(9-12-5-4-6-30-12)15-10-31(26,27)11-16(15)22/h4-8,15-16,22H,3,9-11H2,1-2H3/t15-,16+/m1/s1. The molecular formula is C19H22N2O9S. The van der Waals surface area contributed by atoms with E-state index in [0.29, 0.717) is 5.76 Å². The maximum atomic E-state index is 13.5. The minimum atomic E-state index is -3.59. The van der Waals surface area contributed by atoms with Gasteiger partial charge in [-0.25, -0.2) is 8.42 Å². The first-order valence-corrected chi connectivity index (χ1v) is 11.2. The van der Waals surface area contributed by atoms with Crippen LogP contribution < -0.4 is 9.47 Å². The molecule has 1 fully saturated rings. The van der Waals surface area contributed by atoms with Crippen LogP contribution in [0.3, 0.4) is 0 Å². The third-order valence-electron chi connectivity index (χ3n) is 4.87. The van der Waals surface area contributed by atoms with Gasteiger partial charge in [-0.3, -0.25) is 14.9 Å². The van der Waals surface area contributed by atoms with Crippen molar-refractivity contribution < 1.29 is 37.1 Å². The molecule has 1 aromatic heterocycles. The highest BCUT2D eigenvalue weighted by atomic mass is 32.2. The van der Waals surface area contributed by atoms with E-state index in [1.807, 2.05) is 0 Å². The van der Waals surface area contributed by atoms with Crippen LogP contribution in [0, 0.1) is 10.1 Å². The highest BCUT2D eigenvalue weighted by Crippen LogP contribution is 2.36. The van der Waals surface area contributed by atoms with E-state index >= 15 is 0 Å². The van der Waals surface area contributed by atoms with Gasteiger partial charge in [-0.15, -0.1) is 0 Å². The summed E-state index contributed by atoms with van der Waals surface area (Å²) in [5, 5.41) is 22.0. The molecule has 1 aliphatic rings. The first-order valence-electron chi connectivity index (χ1n) is 9.38. The molecule has 0 saturated carbocycles. The van der Waals surface area contributed by atoms with Gasteiger partial charge in [-0.2, -0.15) is 0 Å². The molecule has 2 aromatic rings. The summed E-state index contributed by atoms with van der Waals surface area (Å²) in [6, 6.07) is 4.33. The highest BCUT2D eigenvalue weighted by molar-refractivity contribution is 7.91. The van der Waals surface area contributed by atoms with E-state index < -0.39 is 50.0 Å². The molecule has 12 heteroatoms. The van der Waals surface area contributed by atoms with Crippen molar-refractivity contribution in [2.45, 2.75) is 25.6 Å². The van der Waals surface area contributed by atoms with Crippen molar-refractivity contribution in [1.82, 2.24) is 4.90 Å². The molecule has 0 bridgehead atoms. The zero-order chi connectivity index (χ0) is 22.8. The molecule has 0 unspecified atom stereocenters. The number of sulfone groups is 1. The van der Waals surface area contributed by atoms with Gasteiger partial charge in [-0.1, -0.05) is 0 Å². The number of hydrogen-bond acceptors (Lipinski definition) is 9. The molecule has 11 nitrogen and oxygen atoms in total. The Bertz CT molecular complexity index is 1070. The minimum absolute atomic E-state index is 0.0752. The molecule has 1 saturated heterocycles. The predicted molar refractivity (Wildman–Crippen MR) is 108 cm³/mol. The number of nitrogens with zero attached hydrogens (tertiary/aromatic N) is 2. The number of carbonyl (C=O) groups is 1. The highest BCUT2D eigenvalue weighted by Gasteiger charge is 2.43. The average Bonchev–Trinajstić information content (AvgIpc) is 3.31. The summed E-state index contributed by atoms with van der Waals surface area (Å²) in [5.74, 6) is -1.29. The van der Waals surface area contributed by atoms with E-state index in [0.717, 1.165) is 11.0 Å². The van der Waals surface area contributed by atoms with Crippen LogP contribution in [0.4, 0.5) is 5.69 Å². The number of rotatable bonds is 8. The lowest BCUT2D eigenvalue weighted by atomic mass is 10.1. The Morgan fingerprint density at radius 3 is 2.61 bits per heavy atom. The maximum absolute atomic E-state index is 13.5. The molecule has 1 aliphatic heterocycles. The predicted octanol–water partition coefficient (Wildman–Crippen LogP) is 1.40. The number of carbonyl (C=O) groups excluding carboxylic acids is 1. The van der Waals surface area contributed by atoms with Crippen LogP contribution in [-0.2, 0) is 16.4 Å². The molecule has 31 heavy (non-hydrogen) atoms. The minimum Gasteiger partial charge on any atom is -0.493 e. The molecule has 0 aliphatic carbocycles. The molecule has 2 heterocycles. The van der Waals surface area contributed by atoms with Crippen LogP contribution in [0.15, 0.2) is 34.9 Å². The summed E-state index contributed by atoms with van der Waals surface area (Å²) >= 11 is 0. The number of nitro groups is 1. The topological polar surface area (TPSA) is 149 Å². The lowest BCUT2D eigenvalue weighted by molar-refractivity contribution is -0.385. The Balaban J connectivity index is 2.10. The van der Waals surface area contributed by atoms with Gasteiger partial charge in [0, 0.05) is 6.07 Å². The Morgan fingerprint density at radius 1 is 1.35 bits per heavy atom. The molecule has 1 N–H and O–H groups in total. The Hall–Kier alpha value is -3.12. The van der Waals surface area contributed by atoms with Crippen LogP contribution in [0.1, 0.15) is 23.0 Å². The SMILES string of the molecule is CCOc1cc(C(=O)N(Cc2ccco2)[C@@H]2CS(=O)(=O)C[C@@H]2O)c([N+](=O)[O-])cc1OC. The van der Waals surface area contributed by atoms with Gasteiger partial charge in [-0.05, 0) is 19.1 Å². The Kier molecular flexibility index (Phi) is 6.51. The number of amides is 1. The summed E-state index contributed by atoms with van der Waals surface area (Å²) < 4.78 is 39.9. The number of nitro benzene ring substituents is 1.